The summed E-state index contributed by atoms with van der Waals surface area (Å²) in [4.78, 5) is 13.6. The Kier molecular flexibility index (Phi) is 9.14. The molecule has 5 atom stereocenters. The van der Waals surface area contributed by atoms with Gasteiger partial charge in [0, 0.05) is 26.0 Å². The highest BCUT2D eigenvalue weighted by atomic mass is 16.5. The summed E-state index contributed by atoms with van der Waals surface area (Å²) in [6.45, 7) is 1.14. The topological polar surface area (TPSA) is 130 Å². The normalized spacial score (nSPS) is 27.4. The molecule has 0 radical (unpaired) electrons. The van der Waals surface area contributed by atoms with E-state index in [1.54, 1.807) is 31.4 Å². The highest BCUT2D eigenvalue weighted by Gasteiger charge is 2.51. The Morgan fingerprint density at radius 1 is 1.19 bits per heavy atom. The molecule has 0 spiro atoms. The van der Waals surface area contributed by atoms with Crippen molar-refractivity contribution >= 4 is 5.91 Å². The van der Waals surface area contributed by atoms with Crippen LogP contribution < -0.4 is 10.1 Å². The average Bonchev–Trinajstić information content (AvgIpc) is 3.45. The summed E-state index contributed by atoms with van der Waals surface area (Å²) in [5, 5.41) is 33.9. The van der Waals surface area contributed by atoms with Crippen LogP contribution in [0.15, 0.2) is 48.5 Å². The molecule has 1 saturated heterocycles. The smallest absolute Gasteiger partial charge is 0.252 e. The lowest BCUT2D eigenvalue weighted by Crippen LogP contribution is -2.61. The van der Waals surface area contributed by atoms with Crippen molar-refractivity contribution < 1.29 is 34.0 Å². The zero-order valence-electron chi connectivity index (χ0n) is 21.0. The number of methoxy groups -OCH3 is 1. The number of hydrogen-bond donors (Lipinski definition) is 3. The number of carbonyl (C=O) groups is 1. The molecule has 1 amide bonds. The predicted octanol–water partition coefficient (Wildman–Crippen LogP) is 2.22. The van der Waals surface area contributed by atoms with Crippen LogP contribution in [0.5, 0.6) is 5.75 Å². The third-order valence-corrected chi connectivity index (χ3v) is 7.01. The number of hydrogen-bond acceptors (Lipinski definition) is 8. The van der Waals surface area contributed by atoms with E-state index in [1.165, 1.54) is 0 Å². The van der Waals surface area contributed by atoms with Crippen LogP contribution in [-0.2, 0) is 32.2 Å². The van der Waals surface area contributed by atoms with Gasteiger partial charge >= 0.3 is 0 Å². The van der Waals surface area contributed by atoms with Gasteiger partial charge in [-0.05, 0) is 42.2 Å². The number of nitrogens with zero attached hydrogens (tertiary/aromatic N) is 1. The summed E-state index contributed by atoms with van der Waals surface area (Å²) in [6, 6.07) is 16.5. The van der Waals surface area contributed by atoms with Crippen molar-refractivity contribution in [2.75, 3.05) is 20.3 Å². The van der Waals surface area contributed by atoms with Crippen molar-refractivity contribution in [1.29, 1.82) is 5.26 Å². The lowest BCUT2D eigenvalue weighted by Gasteiger charge is -2.44. The first-order valence-electron chi connectivity index (χ1n) is 12.6. The zero-order valence-corrected chi connectivity index (χ0v) is 21.0. The van der Waals surface area contributed by atoms with Crippen LogP contribution in [0.2, 0.25) is 0 Å². The molecule has 2 unspecified atom stereocenters. The van der Waals surface area contributed by atoms with Crippen LogP contribution in [0.4, 0.5) is 0 Å². The monoisotopic (exact) mass is 510 g/mol. The molecule has 1 aliphatic heterocycles. The number of aliphatic hydroxyl groups is 2. The SMILES string of the molecule is COc1cccc(CO[C@]2(C(=O)NCC3CCCO3)CC(OCc3ccccc3C#N)[C@H](O)[C@H](O)C2)c1. The molecule has 4 rings (SSSR count). The molecule has 9 nitrogen and oxygen atoms in total. The van der Waals surface area contributed by atoms with Gasteiger partial charge in [-0.25, -0.2) is 0 Å². The third-order valence-electron chi connectivity index (χ3n) is 7.01. The highest BCUT2D eigenvalue weighted by Crippen LogP contribution is 2.36. The van der Waals surface area contributed by atoms with Gasteiger partial charge in [0.1, 0.15) is 11.9 Å². The fourth-order valence-electron chi connectivity index (χ4n) is 4.87. The fourth-order valence-corrected chi connectivity index (χ4v) is 4.87. The van der Waals surface area contributed by atoms with Gasteiger partial charge in [0.25, 0.3) is 5.91 Å². The van der Waals surface area contributed by atoms with Crippen molar-refractivity contribution in [1.82, 2.24) is 5.32 Å². The van der Waals surface area contributed by atoms with Crippen LogP contribution in [0, 0.1) is 11.3 Å². The van der Waals surface area contributed by atoms with E-state index in [0.29, 0.717) is 30.0 Å². The number of aliphatic hydroxyl groups excluding tert-OH is 2. The number of rotatable bonds is 10. The summed E-state index contributed by atoms with van der Waals surface area (Å²) in [6.07, 6.45) is -1.67. The molecule has 1 aliphatic carbocycles. The second kappa shape index (κ2) is 12.5. The largest absolute Gasteiger partial charge is 0.497 e. The maximum atomic E-state index is 13.6. The Morgan fingerprint density at radius 3 is 2.78 bits per heavy atom. The molecule has 2 aromatic rings. The number of ether oxygens (including phenoxy) is 4. The fraction of sp³-hybridized carbons (Fsp3) is 0.500. The molecule has 2 fully saturated rings. The first-order chi connectivity index (χ1) is 17.9. The standard InChI is InChI=1S/C28H34N2O7/c1-34-22-9-4-6-19(12-22)17-37-28(27(33)30-16-23-10-5-11-35-23)13-24(31)26(32)25(14-28)36-18-21-8-3-2-7-20(21)15-29/h2-4,6-9,12,23-26,31-32H,5,10-11,13-14,16-18H2,1H3,(H,30,33)/t23?,24-,25?,26-,28+/m1/s1. The van der Waals surface area contributed by atoms with E-state index in [4.69, 9.17) is 18.9 Å². The summed E-state index contributed by atoms with van der Waals surface area (Å²) >= 11 is 0. The lowest BCUT2D eigenvalue weighted by molar-refractivity contribution is -0.200. The van der Waals surface area contributed by atoms with E-state index in [1.807, 2.05) is 24.3 Å². The minimum absolute atomic E-state index is 0.0290. The quantitative estimate of drug-likeness (QED) is 0.444. The molecule has 37 heavy (non-hydrogen) atoms. The number of nitrogens with one attached hydrogen (secondary N) is 1. The minimum Gasteiger partial charge on any atom is -0.497 e. The Bertz CT molecular complexity index is 1100. The van der Waals surface area contributed by atoms with Crippen LogP contribution in [-0.4, -0.2) is 66.4 Å². The van der Waals surface area contributed by atoms with Gasteiger partial charge in [-0.3, -0.25) is 4.79 Å². The van der Waals surface area contributed by atoms with Gasteiger partial charge in [0.2, 0.25) is 0 Å². The summed E-state index contributed by atoms with van der Waals surface area (Å²) in [5.41, 5.74) is 0.470. The van der Waals surface area contributed by atoms with Gasteiger partial charge in [-0.15, -0.1) is 0 Å². The number of nitriles is 1. The van der Waals surface area contributed by atoms with Crippen LogP contribution in [0.25, 0.3) is 0 Å². The molecule has 0 aromatic heterocycles. The first kappa shape index (κ1) is 27.0. The van der Waals surface area contributed by atoms with E-state index in [0.717, 1.165) is 18.4 Å². The van der Waals surface area contributed by atoms with Crippen molar-refractivity contribution in [2.24, 2.45) is 0 Å². The van der Waals surface area contributed by atoms with E-state index in [-0.39, 0.29) is 38.1 Å². The number of carbonyl (C=O) groups excluding carboxylic acids is 1. The van der Waals surface area contributed by atoms with Crippen molar-refractivity contribution in [3.05, 3.63) is 65.2 Å². The molecule has 9 heteroatoms. The second-order valence-electron chi connectivity index (χ2n) is 9.56. The van der Waals surface area contributed by atoms with Crippen molar-refractivity contribution in [3.63, 3.8) is 0 Å². The maximum absolute atomic E-state index is 13.6. The van der Waals surface area contributed by atoms with Crippen molar-refractivity contribution in [2.45, 2.75) is 68.9 Å². The van der Waals surface area contributed by atoms with Gasteiger partial charge in [0.05, 0.1) is 50.3 Å². The predicted molar refractivity (Wildman–Crippen MR) is 133 cm³/mol. The summed E-state index contributed by atoms with van der Waals surface area (Å²) in [7, 11) is 1.57. The van der Waals surface area contributed by atoms with Gasteiger partial charge in [-0.2, -0.15) is 5.26 Å². The Hall–Kier alpha value is -3.00. The zero-order chi connectivity index (χ0) is 26.3. The van der Waals surface area contributed by atoms with Gasteiger partial charge in [-0.1, -0.05) is 30.3 Å². The molecule has 2 aliphatic rings. The molecule has 3 N–H and O–H groups in total. The van der Waals surface area contributed by atoms with E-state index in [9.17, 15) is 20.3 Å². The van der Waals surface area contributed by atoms with Crippen LogP contribution >= 0.6 is 0 Å². The van der Waals surface area contributed by atoms with Crippen LogP contribution in [0.3, 0.4) is 0 Å². The summed E-state index contributed by atoms with van der Waals surface area (Å²) < 4.78 is 23.2. The second-order valence-corrected chi connectivity index (χ2v) is 9.56. The molecule has 2 aromatic carbocycles. The minimum atomic E-state index is -1.44. The van der Waals surface area contributed by atoms with Gasteiger partial charge in [0.15, 0.2) is 5.60 Å². The Labute approximate surface area is 216 Å². The Morgan fingerprint density at radius 2 is 2.03 bits per heavy atom. The average molecular weight is 511 g/mol. The molecular formula is C28H34N2O7. The molecule has 1 saturated carbocycles. The van der Waals surface area contributed by atoms with Crippen molar-refractivity contribution in [3.8, 4) is 11.8 Å². The number of amides is 1. The Balaban J connectivity index is 1.53. The molecule has 198 valence electrons. The number of benzene rings is 2. The lowest BCUT2D eigenvalue weighted by atomic mass is 9.78. The van der Waals surface area contributed by atoms with Crippen LogP contribution in [0.1, 0.15) is 42.4 Å². The highest BCUT2D eigenvalue weighted by molar-refractivity contribution is 5.85. The molecular weight excluding hydrogens is 476 g/mol. The maximum Gasteiger partial charge on any atom is 0.252 e. The van der Waals surface area contributed by atoms with E-state index >= 15 is 0 Å². The molecule has 1 heterocycles. The summed E-state index contributed by atoms with van der Waals surface area (Å²) in [5.74, 6) is 0.275. The van der Waals surface area contributed by atoms with E-state index < -0.39 is 23.9 Å². The third kappa shape index (κ3) is 6.66. The van der Waals surface area contributed by atoms with E-state index in [2.05, 4.69) is 11.4 Å². The first-order valence-corrected chi connectivity index (χ1v) is 12.6. The molecule has 0 bridgehead atoms. The van der Waals surface area contributed by atoms with Gasteiger partial charge < -0.3 is 34.5 Å².